The average molecular weight is 441 g/mol. The molecule has 130 valence electrons. The van der Waals surface area contributed by atoms with Crippen LogP contribution >= 0.6 is 24.0 Å². The fourth-order valence-corrected chi connectivity index (χ4v) is 2.66. The normalized spacial score (nSPS) is 15.0. The molecule has 0 saturated heterocycles. The zero-order valence-corrected chi connectivity index (χ0v) is 15.5. The molecule has 0 atom stereocenters. The van der Waals surface area contributed by atoms with Gasteiger partial charge in [0.2, 0.25) is 0 Å². The lowest BCUT2D eigenvalue weighted by Gasteiger charge is -2.31. The third kappa shape index (κ3) is 6.56. The number of halogens is 4. The average Bonchev–Trinajstić information content (AvgIpc) is 2.49. The monoisotopic (exact) mass is 441 g/mol. The Bertz CT molecular complexity index is 518. The predicted octanol–water partition coefficient (Wildman–Crippen LogP) is 3.97. The third-order valence-electron chi connectivity index (χ3n) is 3.81. The summed E-state index contributed by atoms with van der Waals surface area (Å²) in [5, 5.41) is 3.16. The first kappa shape index (κ1) is 20.1. The van der Waals surface area contributed by atoms with E-state index in [-0.39, 0.29) is 30.4 Å². The van der Waals surface area contributed by atoms with Crippen LogP contribution in [0.3, 0.4) is 0 Å². The van der Waals surface area contributed by atoms with E-state index in [2.05, 4.69) is 27.3 Å². The molecule has 1 aliphatic heterocycles. The first-order valence-electron chi connectivity index (χ1n) is 7.59. The number of guanidine groups is 1. The number of rotatable bonds is 4. The van der Waals surface area contributed by atoms with Gasteiger partial charge in [-0.3, -0.25) is 4.99 Å². The van der Waals surface area contributed by atoms with Crippen LogP contribution in [0, 0.1) is 0 Å². The summed E-state index contributed by atoms with van der Waals surface area (Å²) < 4.78 is 36.3. The number of benzene rings is 1. The van der Waals surface area contributed by atoms with Crippen LogP contribution < -0.4 is 5.32 Å². The Hall–Kier alpha value is -0.990. The number of fused-ring (bicyclic) bond motifs is 1. The Morgan fingerprint density at radius 2 is 1.91 bits per heavy atom. The van der Waals surface area contributed by atoms with Crippen LogP contribution in [0.5, 0.6) is 0 Å². The first-order valence-corrected chi connectivity index (χ1v) is 7.59. The van der Waals surface area contributed by atoms with Crippen molar-refractivity contribution < 1.29 is 13.2 Å². The van der Waals surface area contributed by atoms with Gasteiger partial charge in [0.25, 0.3) is 0 Å². The van der Waals surface area contributed by atoms with E-state index in [1.807, 2.05) is 12.1 Å². The second-order valence-electron chi connectivity index (χ2n) is 5.49. The number of unbranched alkanes of at least 4 members (excludes halogenated alkanes) is 1. The molecular formula is C16H23F3IN3. The number of alkyl halides is 3. The molecule has 1 heterocycles. The van der Waals surface area contributed by atoms with Gasteiger partial charge in [-0.2, -0.15) is 13.2 Å². The number of nitrogens with zero attached hydrogens (tertiary/aromatic N) is 2. The first-order chi connectivity index (χ1) is 10.5. The molecule has 7 heteroatoms. The molecule has 0 radical (unpaired) electrons. The minimum Gasteiger partial charge on any atom is -0.356 e. The maximum Gasteiger partial charge on any atom is 0.389 e. The molecule has 23 heavy (non-hydrogen) atoms. The minimum atomic E-state index is -4.06. The van der Waals surface area contributed by atoms with Gasteiger partial charge in [0.15, 0.2) is 5.96 Å². The number of aliphatic imine (C=N–C) groups is 1. The summed E-state index contributed by atoms with van der Waals surface area (Å²) in [6, 6.07) is 8.32. The fraction of sp³-hybridized carbons (Fsp3) is 0.562. The van der Waals surface area contributed by atoms with Crippen molar-refractivity contribution in [1.82, 2.24) is 10.2 Å². The molecule has 0 spiro atoms. The van der Waals surface area contributed by atoms with Crippen molar-refractivity contribution in [3.8, 4) is 0 Å². The minimum absolute atomic E-state index is 0. The molecule has 2 rings (SSSR count). The third-order valence-corrected chi connectivity index (χ3v) is 3.81. The Morgan fingerprint density at radius 3 is 2.57 bits per heavy atom. The second kappa shape index (κ2) is 9.34. The molecule has 0 amide bonds. The molecule has 0 bridgehead atoms. The van der Waals surface area contributed by atoms with Gasteiger partial charge in [-0.05, 0) is 30.4 Å². The van der Waals surface area contributed by atoms with Gasteiger partial charge in [-0.1, -0.05) is 24.3 Å². The maximum atomic E-state index is 12.1. The van der Waals surface area contributed by atoms with Gasteiger partial charge >= 0.3 is 6.18 Å². The molecule has 0 saturated carbocycles. The Kier molecular flexibility index (Phi) is 8.15. The van der Waals surface area contributed by atoms with E-state index < -0.39 is 12.6 Å². The summed E-state index contributed by atoms with van der Waals surface area (Å²) >= 11 is 0. The predicted molar refractivity (Wildman–Crippen MR) is 97.2 cm³/mol. The van der Waals surface area contributed by atoms with Crippen LogP contribution in [0.4, 0.5) is 13.2 Å². The lowest BCUT2D eigenvalue weighted by atomic mass is 10.0. The SMILES string of the molecule is CN=C(NCCCCC(F)(F)F)N1CCc2ccccc2C1.I. The molecular weight excluding hydrogens is 418 g/mol. The molecule has 0 aliphatic carbocycles. The highest BCUT2D eigenvalue weighted by atomic mass is 127. The van der Waals surface area contributed by atoms with E-state index in [1.54, 1.807) is 7.05 Å². The molecule has 3 nitrogen and oxygen atoms in total. The van der Waals surface area contributed by atoms with Gasteiger partial charge in [-0.15, -0.1) is 24.0 Å². The molecule has 1 aromatic rings. The Labute approximate surface area is 152 Å². The largest absolute Gasteiger partial charge is 0.389 e. The highest BCUT2D eigenvalue weighted by Gasteiger charge is 2.25. The summed E-state index contributed by atoms with van der Waals surface area (Å²) in [6.45, 7) is 2.18. The van der Waals surface area contributed by atoms with E-state index in [1.165, 1.54) is 11.1 Å². The highest BCUT2D eigenvalue weighted by Crippen LogP contribution is 2.22. The quantitative estimate of drug-likeness (QED) is 0.332. The van der Waals surface area contributed by atoms with Gasteiger partial charge < -0.3 is 10.2 Å². The van der Waals surface area contributed by atoms with Crippen molar-refractivity contribution >= 4 is 29.9 Å². The van der Waals surface area contributed by atoms with Crippen LogP contribution in [0.15, 0.2) is 29.3 Å². The summed E-state index contributed by atoms with van der Waals surface area (Å²) in [7, 11) is 1.71. The standard InChI is InChI=1S/C16H22F3N3.HI/c1-20-15(21-10-5-4-9-16(17,18)19)22-11-8-13-6-2-3-7-14(13)12-22;/h2-3,6-7H,4-5,8-12H2,1H3,(H,20,21);1H. The van der Waals surface area contributed by atoms with Crippen molar-refractivity contribution in [3.63, 3.8) is 0 Å². The van der Waals surface area contributed by atoms with Crippen molar-refractivity contribution in [1.29, 1.82) is 0 Å². The van der Waals surface area contributed by atoms with Gasteiger partial charge in [0, 0.05) is 33.1 Å². The van der Waals surface area contributed by atoms with E-state index in [4.69, 9.17) is 0 Å². The summed E-state index contributed by atoms with van der Waals surface area (Å²) in [4.78, 5) is 6.39. The van der Waals surface area contributed by atoms with Crippen molar-refractivity contribution in [3.05, 3.63) is 35.4 Å². The number of hydrogen-bond donors (Lipinski definition) is 1. The van der Waals surface area contributed by atoms with E-state index in [0.29, 0.717) is 13.0 Å². The van der Waals surface area contributed by atoms with E-state index in [0.717, 1.165) is 25.5 Å². The van der Waals surface area contributed by atoms with Crippen LogP contribution in [0.1, 0.15) is 30.4 Å². The zero-order valence-electron chi connectivity index (χ0n) is 13.2. The second-order valence-corrected chi connectivity index (χ2v) is 5.49. The van der Waals surface area contributed by atoms with Gasteiger partial charge in [0.1, 0.15) is 0 Å². The summed E-state index contributed by atoms with van der Waals surface area (Å²) in [6.07, 6.45) is -3.17. The molecule has 0 fully saturated rings. The van der Waals surface area contributed by atoms with E-state index in [9.17, 15) is 13.2 Å². The Balaban J connectivity index is 0.00000264. The molecule has 1 N–H and O–H groups in total. The lowest BCUT2D eigenvalue weighted by molar-refractivity contribution is -0.135. The van der Waals surface area contributed by atoms with E-state index >= 15 is 0 Å². The van der Waals surface area contributed by atoms with Crippen LogP contribution in [-0.4, -0.2) is 37.2 Å². The fourth-order valence-electron chi connectivity index (χ4n) is 2.66. The number of hydrogen-bond acceptors (Lipinski definition) is 1. The molecule has 0 aromatic heterocycles. The maximum absolute atomic E-state index is 12.1. The van der Waals surface area contributed by atoms with Gasteiger partial charge in [-0.25, -0.2) is 0 Å². The number of nitrogens with one attached hydrogen (secondary N) is 1. The van der Waals surface area contributed by atoms with Crippen LogP contribution in [-0.2, 0) is 13.0 Å². The van der Waals surface area contributed by atoms with Crippen molar-refractivity contribution in [2.45, 2.75) is 38.4 Å². The summed E-state index contributed by atoms with van der Waals surface area (Å²) in [5.74, 6) is 0.765. The highest BCUT2D eigenvalue weighted by molar-refractivity contribution is 14.0. The van der Waals surface area contributed by atoms with Crippen molar-refractivity contribution in [2.75, 3.05) is 20.1 Å². The smallest absolute Gasteiger partial charge is 0.356 e. The lowest BCUT2D eigenvalue weighted by Crippen LogP contribution is -2.44. The molecule has 1 aliphatic rings. The van der Waals surface area contributed by atoms with Gasteiger partial charge in [0.05, 0.1) is 0 Å². The van der Waals surface area contributed by atoms with Crippen molar-refractivity contribution in [2.24, 2.45) is 4.99 Å². The topological polar surface area (TPSA) is 27.6 Å². The van der Waals surface area contributed by atoms with Crippen LogP contribution in [0.25, 0.3) is 0 Å². The molecule has 0 unspecified atom stereocenters. The van der Waals surface area contributed by atoms with Crippen LogP contribution in [0.2, 0.25) is 0 Å². The Morgan fingerprint density at radius 1 is 1.22 bits per heavy atom. The summed E-state index contributed by atoms with van der Waals surface area (Å²) in [5.41, 5.74) is 2.65. The zero-order chi connectivity index (χ0) is 16.0. The molecule has 1 aromatic carbocycles.